The molecule has 2 heterocycles. The van der Waals surface area contributed by atoms with Gasteiger partial charge in [0.25, 0.3) is 0 Å². The molecule has 0 unspecified atom stereocenters. The standard InChI is InChI=1S/C20H12O4/c21-19-9-5-13(11-23-19)15-7-8-16(14-6-10-20(22)24-12-14)18-4-2-1-3-17(15)18/h1-12H. The quantitative estimate of drug-likeness (QED) is 0.559. The Morgan fingerprint density at radius 2 is 1.00 bits per heavy atom. The van der Waals surface area contributed by atoms with Crippen molar-refractivity contribution in [3.8, 4) is 22.3 Å². The van der Waals surface area contributed by atoms with E-state index in [1.165, 1.54) is 24.7 Å². The van der Waals surface area contributed by atoms with Gasteiger partial charge in [-0.25, -0.2) is 9.59 Å². The van der Waals surface area contributed by atoms with Crippen molar-refractivity contribution in [3.05, 3.63) is 94.0 Å². The Morgan fingerprint density at radius 1 is 0.542 bits per heavy atom. The first kappa shape index (κ1) is 14.2. The molecule has 4 aromatic rings. The van der Waals surface area contributed by atoms with Crippen molar-refractivity contribution in [1.29, 1.82) is 0 Å². The molecular formula is C20H12O4. The van der Waals surface area contributed by atoms with E-state index in [0.717, 1.165) is 33.0 Å². The van der Waals surface area contributed by atoms with Crippen molar-refractivity contribution >= 4 is 10.8 Å². The summed E-state index contributed by atoms with van der Waals surface area (Å²) in [6, 6.07) is 18.2. The molecule has 116 valence electrons. The lowest BCUT2D eigenvalue weighted by molar-refractivity contribution is 0.512. The van der Waals surface area contributed by atoms with Gasteiger partial charge in [-0.3, -0.25) is 0 Å². The molecule has 24 heavy (non-hydrogen) atoms. The second-order valence-electron chi connectivity index (χ2n) is 5.39. The zero-order valence-electron chi connectivity index (χ0n) is 12.6. The molecule has 0 saturated heterocycles. The van der Waals surface area contributed by atoms with Gasteiger partial charge >= 0.3 is 11.3 Å². The summed E-state index contributed by atoms with van der Waals surface area (Å²) in [4.78, 5) is 22.4. The molecule has 0 saturated carbocycles. The number of rotatable bonds is 2. The second-order valence-corrected chi connectivity index (χ2v) is 5.39. The van der Waals surface area contributed by atoms with Crippen LogP contribution in [0.25, 0.3) is 33.0 Å². The fraction of sp³-hybridized carbons (Fsp3) is 0. The zero-order valence-corrected chi connectivity index (χ0v) is 12.6. The molecule has 2 aromatic carbocycles. The highest BCUT2D eigenvalue weighted by atomic mass is 16.4. The third-order valence-corrected chi connectivity index (χ3v) is 3.95. The van der Waals surface area contributed by atoms with E-state index in [1.54, 1.807) is 12.1 Å². The van der Waals surface area contributed by atoms with Gasteiger partial charge < -0.3 is 8.83 Å². The maximum absolute atomic E-state index is 11.2. The molecule has 0 N–H and O–H groups in total. The first-order chi connectivity index (χ1) is 11.7. The summed E-state index contributed by atoms with van der Waals surface area (Å²) in [5.41, 5.74) is 2.85. The molecule has 0 atom stereocenters. The fourth-order valence-corrected chi connectivity index (χ4v) is 2.82. The molecule has 4 heteroatoms. The molecule has 0 aliphatic heterocycles. The van der Waals surface area contributed by atoms with E-state index < -0.39 is 0 Å². The van der Waals surface area contributed by atoms with Gasteiger partial charge in [0.2, 0.25) is 0 Å². The van der Waals surface area contributed by atoms with Gasteiger partial charge in [-0.1, -0.05) is 36.4 Å². The first-order valence-electron chi connectivity index (χ1n) is 7.42. The third kappa shape index (κ3) is 2.44. The van der Waals surface area contributed by atoms with Crippen LogP contribution in [0.1, 0.15) is 0 Å². The van der Waals surface area contributed by atoms with Crippen molar-refractivity contribution < 1.29 is 8.83 Å². The minimum Gasteiger partial charge on any atom is -0.431 e. The molecule has 0 spiro atoms. The largest absolute Gasteiger partial charge is 0.431 e. The van der Waals surface area contributed by atoms with E-state index in [4.69, 9.17) is 8.83 Å². The van der Waals surface area contributed by atoms with Crippen molar-refractivity contribution in [2.75, 3.05) is 0 Å². The van der Waals surface area contributed by atoms with E-state index >= 15 is 0 Å². The fourth-order valence-electron chi connectivity index (χ4n) is 2.82. The van der Waals surface area contributed by atoms with E-state index in [1.807, 2.05) is 36.4 Å². The van der Waals surface area contributed by atoms with Crippen LogP contribution >= 0.6 is 0 Å². The van der Waals surface area contributed by atoms with Crippen molar-refractivity contribution in [2.24, 2.45) is 0 Å². The first-order valence-corrected chi connectivity index (χ1v) is 7.42. The lowest BCUT2D eigenvalue weighted by Crippen LogP contribution is -1.95. The van der Waals surface area contributed by atoms with Crippen LogP contribution in [0, 0.1) is 0 Å². The van der Waals surface area contributed by atoms with Gasteiger partial charge in [-0.05, 0) is 34.0 Å². The minimum absolute atomic E-state index is 0.376. The van der Waals surface area contributed by atoms with E-state index in [0.29, 0.717) is 0 Å². The van der Waals surface area contributed by atoms with E-state index in [9.17, 15) is 9.59 Å². The van der Waals surface area contributed by atoms with Gasteiger partial charge in [0, 0.05) is 23.3 Å². The van der Waals surface area contributed by atoms with Crippen LogP contribution in [-0.4, -0.2) is 0 Å². The molecule has 2 aromatic heterocycles. The third-order valence-electron chi connectivity index (χ3n) is 3.95. The summed E-state index contributed by atoms with van der Waals surface area (Å²) >= 11 is 0. The number of hydrogen-bond donors (Lipinski definition) is 0. The van der Waals surface area contributed by atoms with Crippen LogP contribution in [0.3, 0.4) is 0 Å². The normalized spacial score (nSPS) is 10.8. The summed E-state index contributed by atoms with van der Waals surface area (Å²) in [5, 5.41) is 2.05. The van der Waals surface area contributed by atoms with Crippen LogP contribution < -0.4 is 11.3 Å². The summed E-state index contributed by atoms with van der Waals surface area (Å²) in [5.74, 6) is 0. The van der Waals surface area contributed by atoms with Gasteiger partial charge in [0.15, 0.2) is 0 Å². The smallest absolute Gasteiger partial charge is 0.335 e. The molecule has 0 fully saturated rings. The molecule has 0 radical (unpaired) electrons. The molecule has 4 nitrogen and oxygen atoms in total. The average Bonchev–Trinajstić information content (AvgIpc) is 2.62. The molecular weight excluding hydrogens is 304 g/mol. The molecule has 0 aliphatic rings. The highest BCUT2D eigenvalue weighted by Crippen LogP contribution is 2.34. The van der Waals surface area contributed by atoms with Crippen LogP contribution in [0.5, 0.6) is 0 Å². The summed E-state index contributed by atoms with van der Waals surface area (Å²) in [7, 11) is 0. The van der Waals surface area contributed by atoms with Crippen molar-refractivity contribution in [1.82, 2.24) is 0 Å². The Labute approximate surface area is 136 Å². The Morgan fingerprint density at radius 3 is 1.38 bits per heavy atom. The van der Waals surface area contributed by atoms with Crippen molar-refractivity contribution in [3.63, 3.8) is 0 Å². The Bertz CT molecular complexity index is 1020. The lowest BCUT2D eigenvalue weighted by atomic mass is 9.93. The molecule has 4 rings (SSSR count). The molecule has 0 amide bonds. The second kappa shape index (κ2) is 5.66. The highest BCUT2D eigenvalue weighted by molar-refractivity contribution is 6.04. The SMILES string of the molecule is O=c1ccc(-c2ccc(-c3ccc(=O)oc3)c3ccccc23)co1. The van der Waals surface area contributed by atoms with E-state index in [2.05, 4.69) is 0 Å². The molecule has 0 bridgehead atoms. The Balaban J connectivity index is 1.98. The summed E-state index contributed by atoms with van der Waals surface area (Å²) in [6.07, 6.45) is 2.93. The topological polar surface area (TPSA) is 60.4 Å². The van der Waals surface area contributed by atoms with Crippen LogP contribution in [0.15, 0.2) is 91.6 Å². The van der Waals surface area contributed by atoms with Crippen molar-refractivity contribution in [2.45, 2.75) is 0 Å². The van der Waals surface area contributed by atoms with Gasteiger partial charge in [-0.15, -0.1) is 0 Å². The van der Waals surface area contributed by atoms with E-state index in [-0.39, 0.29) is 11.3 Å². The highest BCUT2D eigenvalue weighted by Gasteiger charge is 2.10. The Kier molecular flexibility index (Phi) is 3.35. The average molecular weight is 316 g/mol. The Hall–Kier alpha value is -3.40. The van der Waals surface area contributed by atoms with Gasteiger partial charge in [0.1, 0.15) is 12.5 Å². The number of fused-ring (bicyclic) bond motifs is 1. The number of hydrogen-bond acceptors (Lipinski definition) is 4. The lowest BCUT2D eigenvalue weighted by Gasteiger charge is -2.11. The predicted molar refractivity (Wildman–Crippen MR) is 91.9 cm³/mol. The van der Waals surface area contributed by atoms with Crippen LogP contribution in [-0.2, 0) is 0 Å². The zero-order chi connectivity index (χ0) is 16.5. The maximum atomic E-state index is 11.2. The minimum atomic E-state index is -0.376. The monoisotopic (exact) mass is 316 g/mol. The van der Waals surface area contributed by atoms with Crippen LogP contribution in [0.2, 0.25) is 0 Å². The van der Waals surface area contributed by atoms with Gasteiger partial charge in [0.05, 0.1) is 0 Å². The van der Waals surface area contributed by atoms with Crippen LogP contribution in [0.4, 0.5) is 0 Å². The summed E-state index contributed by atoms with van der Waals surface area (Å²) < 4.78 is 9.97. The van der Waals surface area contributed by atoms with Gasteiger partial charge in [-0.2, -0.15) is 0 Å². The maximum Gasteiger partial charge on any atom is 0.335 e. The summed E-state index contributed by atoms with van der Waals surface area (Å²) in [6.45, 7) is 0. The predicted octanol–water partition coefficient (Wildman–Crippen LogP) is 4.08. The number of benzene rings is 2. The molecule has 0 aliphatic carbocycles.